The van der Waals surface area contributed by atoms with Gasteiger partial charge in [-0.1, -0.05) is 19.1 Å². The Balaban J connectivity index is 2.55. The van der Waals surface area contributed by atoms with Crippen molar-refractivity contribution >= 4 is 0 Å². The van der Waals surface area contributed by atoms with Crippen LogP contribution < -0.4 is 10.1 Å². The molecule has 1 atom stereocenters. The minimum Gasteiger partial charge on any atom is -0.494 e. The van der Waals surface area contributed by atoms with Crippen molar-refractivity contribution in [3.63, 3.8) is 0 Å². The van der Waals surface area contributed by atoms with Crippen molar-refractivity contribution in [2.45, 2.75) is 26.3 Å². The molecule has 1 aromatic rings. The molecule has 0 saturated carbocycles. The summed E-state index contributed by atoms with van der Waals surface area (Å²) in [5, 5.41) is 3.18. The molecule has 0 heterocycles. The van der Waals surface area contributed by atoms with E-state index in [1.807, 2.05) is 7.05 Å². The SMILES string of the molecule is CCCOc1ccc(C(C)N(C)CCNC)cc1. The Hall–Kier alpha value is -1.06. The maximum Gasteiger partial charge on any atom is 0.119 e. The van der Waals surface area contributed by atoms with E-state index in [0.29, 0.717) is 6.04 Å². The molecule has 18 heavy (non-hydrogen) atoms. The normalized spacial score (nSPS) is 12.7. The first kappa shape index (κ1) is 15.0. The van der Waals surface area contributed by atoms with Gasteiger partial charge in [0.25, 0.3) is 0 Å². The van der Waals surface area contributed by atoms with E-state index in [1.165, 1.54) is 5.56 Å². The number of benzene rings is 1. The summed E-state index contributed by atoms with van der Waals surface area (Å²) in [5.41, 5.74) is 1.33. The molecular formula is C15H26N2O. The summed E-state index contributed by atoms with van der Waals surface area (Å²) in [6, 6.07) is 8.87. The fourth-order valence-electron chi connectivity index (χ4n) is 1.80. The lowest BCUT2D eigenvalue weighted by Crippen LogP contribution is -2.29. The average molecular weight is 250 g/mol. The van der Waals surface area contributed by atoms with Crippen molar-refractivity contribution in [2.24, 2.45) is 0 Å². The van der Waals surface area contributed by atoms with Crippen molar-refractivity contribution in [1.82, 2.24) is 10.2 Å². The Kier molecular flexibility index (Phi) is 6.76. The maximum absolute atomic E-state index is 5.59. The van der Waals surface area contributed by atoms with Gasteiger partial charge in [0.1, 0.15) is 5.75 Å². The standard InChI is InChI=1S/C15H26N2O/c1-5-12-18-15-8-6-14(7-9-15)13(2)17(4)11-10-16-3/h6-9,13,16H,5,10-12H2,1-4H3. The topological polar surface area (TPSA) is 24.5 Å². The van der Waals surface area contributed by atoms with Crippen molar-refractivity contribution in [1.29, 1.82) is 0 Å². The third-order valence-corrected chi connectivity index (χ3v) is 3.21. The first-order valence-corrected chi connectivity index (χ1v) is 6.76. The summed E-state index contributed by atoms with van der Waals surface area (Å²) in [7, 11) is 4.14. The lowest BCUT2D eigenvalue weighted by atomic mass is 10.1. The molecule has 0 amide bonds. The van der Waals surface area contributed by atoms with Gasteiger partial charge in [-0.3, -0.25) is 4.90 Å². The second-order valence-electron chi connectivity index (χ2n) is 4.68. The molecule has 3 heteroatoms. The van der Waals surface area contributed by atoms with Crippen LogP contribution in [0.2, 0.25) is 0 Å². The summed E-state index contributed by atoms with van der Waals surface area (Å²) in [5.74, 6) is 0.964. The van der Waals surface area contributed by atoms with Gasteiger partial charge >= 0.3 is 0 Å². The molecule has 1 aromatic carbocycles. The zero-order chi connectivity index (χ0) is 13.4. The Bertz CT molecular complexity index is 324. The van der Waals surface area contributed by atoms with E-state index < -0.39 is 0 Å². The van der Waals surface area contributed by atoms with Gasteiger partial charge in [0.05, 0.1) is 6.61 Å². The van der Waals surface area contributed by atoms with E-state index in [9.17, 15) is 0 Å². The minimum absolute atomic E-state index is 0.429. The second-order valence-corrected chi connectivity index (χ2v) is 4.68. The summed E-state index contributed by atoms with van der Waals surface area (Å²) >= 11 is 0. The van der Waals surface area contributed by atoms with Crippen molar-refractivity contribution in [3.8, 4) is 5.75 Å². The molecule has 0 aliphatic carbocycles. The van der Waals surface area contributed by atoms with E-state index in [4.69, 9.17) is 4.74 Å². The number of nitrogens with one attached hydrogen (secondary N) is 1. The number of hydrogen-bond acceptors (Lipinski definition) is 3. The Morgan fingerprint density at radius 3 is 2.50 bits per heavy atom. The van der Waals surface area contributed by atoms with Gasteiger partial charge in [0.15, 0.2) is 0 Å². The molecule has 3 nitrogen and oxygen atoms in total. The number of rotatable bonds is 8. The van der Waals surface area contributed by atoms with Crippen LogP contribution in [0.1, 0.15) is 31.9 Å². The molecule has 1 unspecified atom stereocenters. The van der Waals surface area contributed by atoms with Crippen LogP contribution in [0.5, 0.6) is 5.75 Å². The highest BCUT2D eigenvalue weighted by molar-refractivity contribution is 5.28. The Morgan fingerprint density at radius 1 is 1.28 bits per heavy atom. The first-order chi connectivity index (χ1) is 8.69. The molecule has 0 spiro atoms. The van der Waals surface area contributed by atoms with Crippen LogP contribution in [-0.2, 0) is 0 Å². The quantitative estimate of drug-likeness (QED) is 0.767. The summed E-state index contributed by atoms with van der Waals surface area (Å²) in [4.78, 5) is 2.35. The molecule has 1 rings (SSSR count). The van der Waals surface area contributed by atoms with E-state index in [1.54, 1.807) is 0 Å². The second kappa shape index (κ2) is 8.11. The van der Waals surface area contributed by atoms with E-state index in [-0.39, 0.29) is 0 Å². The monoisotopic (exact) mass is 250 g/mol. The van der Waals surface area contributed by atoms with Crippen molar-refractivity contribution in [3.05, 3.63) is 29.8 Å². The fourth-order valence-corrected chi connectivity index (χ4v) is 1.80. The van der Waals surface area contributed by atoms with Gasteiger partial charge < -0.3 is 10.1 Å². The van der Waals surface area contributed by atoms with Crippen LogP contribution in [-0.4, -0.2) is 38.7 Å². The molecule has 0 saturated heterocycles. The van der Waals surface area contributed by atoms with Crippen LogP contribution in [0.4, 0.5) is 0 Å². The highest BCUT2D eigenvalue weighted by Gasteiger charge is 2.10. The van der Waals surface area contributed by atoms with Crippen molar-refractivity contribution < 1.29 is 4.74 Å². The van der Waals surface area contributed by atoms with E-state index in [2.05, 4.69) is 55.4 Å². The largest absolute Gasteiger partial charge is 0.494 e. The molecule has 0 fully saturated rings. The Labute approximate surface area is 111 Å². The highest BCUT2D eigenvalue weighted by atomic mass is 16.5. The van der Waals surface area contributed by atoms with Crippen LogP contribution in [0.15, 0.2) is 24.3 Å². The predicted octanol–water partition coefficient (Wildman–Crippen LogP) is 2.69. The molecular weight excluding hydrogens is 224 g/mol. The lowest BCUT2D eigenvalue weighted by Gasteiger charge is -2.25. The third kappa shape index (κ3) is 4.67. The molecule has 0 aromatic heterocycles. The van der Waals surface area contributed by atoms with Gasteiger partial charge in [-0.25, -0.2) is 0 Å². The summed E-state index contributed by atoms with van der Waals surface area (Å²) < 4.78 is 5.59. The summed E-state index contributed by atoms with van der Waals surface area (Å²) in [6.45, 7) is 7.20. The fraction of sp³-hybridized carbons (Fsp3) is 0.600. The number of likely N-dealkylation sites (N-methyl/N-ethyl adjacent to an activating group) is 2. The van der Waals surface area contributed by atoms with Crippen LogP contribution in [0, 0.1) is 0 Å². The smallest absolute Gasteiger partial charge is 0.119 e. The molecule has 1 N–H and O–H groups in total. The highest BCUT2D eigenvalue weighted by Crippen LogP contribution is 2.21. The minimum atomic E-state index is 0.429. The number of nitrogens with zero attached hydrogens (tertiary/aromatic N) is 1. The molecule has 0 bridgehead atoms. The van der Waals surface area contributed by atoms with Crippen LogP contribution >= 0.6 is 0 Å². The number of ether oxygens (including phenoxy) is 1. The van der Waals surface area contributed by atoms with Gasteiger partial charge in [-0.2, -0.15) is 0 Å². The first-order valence-electron chi connectivity index (χ1n) is 6.76. The molecule has 0 aliphatic rings. The zero-order valence-corrected chi connectivity index (χ0v) is 12.1. The van der Waals surface area contributed by atoms with Crippen LogP contribution in [0.3, 0.4) is 0 Å². The van der Waals surface area contributed by atoms with E-state index in [0.717, 1.165) is 31.9 Å². The average Bonchev–Trinajstić information content (AvgIpc) is 2.42. The van der Waals surface area contributed by atoms with E-state index >= 15 is 0 Å². The third-order valence-electron chi connectivity index (χ3n) is 3.21. The molecule has 0 radical (unpaired) electrons. The maximum atomic E-state index is 5.59. The van der Waals surface area contributed by atoms with Gasteiger partial charge in [0.2, 0.25) is 0 Å². The molecule has 0 aliphatic heterocycles. The summed E-state index contributed by atoms with van der Waals surface area (Å²) in [6.07, 6.45) is 1.05. The van der Waals surface area contributed by atoms with Crippen molar-refractivity contribution in [2.75, 3.05) is 33.8 Å². The lowest BCUT2D eigenvalue weighted by molar-refractivity contribution is 0.263. The zero-order valence-electron chi connectivity index (χ0n) is 12.1. The van der Waals surface area contributed by atoms with Gasteiger partial charge in [-0.05, 0) is 45.1 Å². The predicted molar refractivity (Wildman–Crippen MR) is 77.2 cm³/mol. The van der Waals surface area contributed by atoms with Gasteiger partial charge in [0, 0.05) is 19.1 Å². The van der Waals surface area contributed by atoms with Crippen LogP contribution in [0.25, 0.3) is 0 Å². The number of hydrogen-bond donors (Lipinski definition) is 1. The molecule has 102 valence electrons. The Morgan fingerprint density at radius 2 is 1.94 bits per heavy atom. The van der Waals surface area contributed by atoms with Gasteiger partial charge in [-0.15, -0.1) is 0 Å².